The van der Waals surface area contributed by atoms with E-state index >= 15 is 0 Å². The molecule has 1 saturated heterocycles. The van der Waals surface area contributed by atoms with Crippen LogP contribution < -0.4 is 0 Å². The van der Waals surface area contributed by atoms with E-state index in [9.17, 15) is 4.79 Å². The van der Waals surface area contributed by atoms with Crippen LogP contribution in [-0.2, 0) is 37.6 Å². The maximum Gasteiger partial charge on any atom is 0.394 e. The Morgan fingerprint density at radius 3 is 2.67 bits per heavy atom. The van der Waals surface area contributed by atoms with Gasteiger partial charge in [0.15, 0.2) is 0 Å². The van der Waals surface area contributed by atoms with Gasteiger partial charge >= 0.3 is 16.4 Å². The molecule has 1 unspecified atom stereocenters. The number of rotatable bonds is 10. The molecule has 10 heteroatoms. The molecule has 4 rings (SSSR count). The van der Waals surface area contributed by atoms with Crippen LogP contribution >= 0.6 is 0 Å². The number of fused-ring (bicyclic) bond motifs is 2. The highest BCUT2D eigenvalue weighted by Gasteiger charge is 2.43. The monoisotopic (exact) mass is 522 g/mol. The van der Waals surface area contributed by atoms with Gasteiger partial charge in [-0.3, -0.25) is 18.8 Å². The van der Waals surface area contributed by atoms with Crippen molar-refractivity contribution >= 4 is 27.3 Å². The molecule has 0 amide bonds. The molecule has 1 aliphatic heterocycles. The average Bonchev–Trinajstić information content (AvgIpc) is 3.17. The van der Waals surface area contributed by atoms with Crippen LogP contribution in [0.15, 0.2) is 37.1 Å². The van der Waals surface area contributed by atoms with E-state index in [2.05, 4.69) is 47.4 Å². The summed E-state index contributed by atoms with van der Waals surface area (Å²) in [6.45, 7) is 12.5. The number of ether oxygens (including phenoxy) is 2. The number of hydrogen-bond acceptors (Lipinski definition) is 6. The number of likely N-dealkylation sites (tertiary alicyclic amines) is 1. The van der Waals surface area contributed by atoms with Gasteiger partial charge in [0.05, 0.1) is 12.5 Å². The topological polar surface area (TPSA) is 118 Å². The van der Waals surface area contributed by atoms with E-state index in [1.54, 1.807) is 0 Å². The average molecular weight is 523 g/mol. The van der Waals surface area contributed by atoms with E-state index in [1.165, 1.54) is 22.0 Å². The van der Waals surface area contributed by atoms with Crippen molar-refractivity contribution in [2.75, 3.05) is 32.9 Å². The van der Waals surface area contributed by atoms with Crippen molar-refractivity contribution < 1.29 is 31.8 Å². The fraction of sp³-hybridized carbons (Fsp3) is 0.577. The minimum absolute atomic E-state index is 0.0643. The number of esters is 1. The molecule has 3 atom stereocenters. The van der Waals surface area contributed by atoms with Crippen LogP contribution in [0.2, 0.25) is 0 Å². The fourth-order valence-electron chi connectivity index (χ4n) is 5.54. The number of carbonyl (C=O) groups is 1. The number of aromatic nitrogens is 1. The minimum atomic E-state index is -4.67. The summed E-state index contributed by atoms with van der Waals surface area (Å²) in [5.74, 6) is 0.191. The Kier molecular flexibility index (Phi) is 10.1. The molecule has 1 aromatic heterocycles. The first-order valence-corrected chi connectivity index (χ1v) is 14.0. The van der Waals surface area contributed by atoms with Gasteiger partial charge in [-0.1, -0.05) is 25.1 Å². The van der Waals surface area contributed by atoms with Crippen molar-refractivity contribution in [2.45, 2.75) is 58.0 Å². The van der Waals surface area contributed by atoms with Crippen molar-refractivity contribution in [3.63, 3.8) is 0 Å². The van der Waals surface area contributed by atoms with E-state index in [1.807, 2.05) is 13.0 Å². The van der Waals surface area contributed by atoms with Crippen LogP contribution in [-0.4, -0.2) is 71.9 Å². The van der Waals surface area contributed by atoms with Crippen LogP contribution in [0.1, 0.15) is 50.2 Å². The zero-order valence-electron chi connectivity index (χ0n) is 21.1. The van der Waals surface area contributed by atoms with Crippen molar-refractivity contribution in [3.8, 4) is 0 Å². The molecule has 0 spiro atoms. The fourth-order valence-corrected chi connectivity index (χ4v) is 5.54. The highest BCUT2D eigenvalue weighted by Crippen LogP contribution is 2.45. The van der Waals surface area contributed by atoms with Gasteiger partial charge in [-0.2, -0.15) is 8.42 Å². The number of nitrogens with zero attached hydrogens (tertiary/aromatic N) is 2. The summed E-state index contributed by atoms with van der Waals surface area (Å²) in [6, 6.07) is 7.12. The van der Waals surface area contributed by atoms with E-state index in [0.29, 0.717) is 31.8 Å². The largest absolute Gasteiger partial charge is 0.465 e. The summed E-state index contributed by atoms with van der Waals surface area (Å²) in [4.78, 5) is 15.4. The summed E-state index contributed by atoms with van der Waals surface area (Å²) in [5, 5.41) is 1.42. The molecule has 36 heavy (non-hydrogen) atoms. The molecule has 0 saturated carbocycles. The molecule has 1 aromatic carbocycles. The quantitative estimate of drug-likeness (QED) is 0.209. The number of aryl methyl sites for hydroxylation is 1. The third-order valence-corrected chi connectivity index (χ3v) is 6.82. The lowest BCUT2D eigenvalue weighted by molar-refractivity contribution is -0.151. The van der Waals surface area contributed by atoms with Gasteiger partial charge in [-0.15, -0.1) is 6.58 Å². The zero-order valence-corrected chi connectivity index (χ0v) is 22.0. The molecule has 9 nitrogen and oxygen atoms in total. The molecule has 0 bridgehead atoms. The summed E-state index contributed by atoms with van der Waals surface area (Å²) in [5.41, 5.74) is 4.19. The van der Waals surface area contributed by atoms with Crippen molar-refractivity contribution in [1.82, 2.24) is 9.47 Å². The molecule has 2 aliphatic rings. The Bertz CT molecular complexity index is 1140. The van der Waals surface area contributed by atoms with E-state index in [-0.39, 0.29) is 11.9 Å². The van der Waals surface area contributed by atoms with Crippen LogP contribution in [0.5, 0.6) is 0 Å². The lowest BCUT2D eigenvalue weighted by Gasteiger charge is -2.46. The maximum atomic E-state index is 12.9. The Balaban J connectivity index is 0.000000658. The second-order valence-corrected chi connectivity index (χ2v) is 10.2. The second-order valence-electron chi connectivity index (χ2n) is 9.31. The second kappa shape index (κ2) is 12.8. The summed E-state index contributed by atoms with van der Waals surface area (Å²) in [7, 11) is -4.67. The number of benzene rings is 1. The smallest absolute Gasteiger partial charge is 0.394 e. The van der Waals surface area contributed by atoms with Crippen LogP contribution in [0, 0.1) is 5.92 Å². The Hall–Kier alpha value is -2.24. The summed E-state index contributed by atoms with van der Waals surface area (Å²) < 4.78 is 45.0. The van der Waals surface area contributed by atoms with Crippen LogP contribution in [0.4, 0.5) is 0 Å². The van der Waals surface area contributed by atoms with E-state index in [4.69, 9.17) is 27.0 Å². The molecular formula is C26H38N2O7S. The van der Waals surface area contributed by atoms with Crippen LogP contribution in [0.25, 0.3) is 10.9 Å². The highest BCUT2D eigenvalue weighted by molar-refractivity contribution is 7.79. The van der Waals surface area contributed by atoms with Crippen LogP contribution in [0.3, 0.4) is 0 Å². The summed E-state index contributed by atoms with van der Waals surface area (Å²) in [6.07, 6.45) is 8.10. The molecule has 1 fully saturated rings. The van der Waals surface area contributed by atoms with Gasteiger partial charge in [0.1, 0.15) is 0 Å². The van der Waals surface area contributed by atoms with Gasteiger partial charge in [0.25, 0.3) is 0 Å². The number of piperidine rings is 1. The first kappa shape index (κ1) is 28.3. The zero-order chi connectivity index (χ0) is 26.3. The van der Waals surface area contributed by atoms with Gasteiger partial charge in [-0.25, -0.2) is 0 Å². The third kappa shape index (κ3) is 7.17. The first-order chi connectivity index (χ1) is 17.2. The lowest BCUT2D eigenvalue weighted by atomic mass is 9.72. The molecule has 0 radical (unpaired) electrons. The summed E-state index contributed by atoms with van der Waals surface area (Å²) >= 11 is 0. The molecule has 1 aliphatic carbocycles. The highest BCUT2D eigenvalue weighted by atomic mass is 32.3. The van der Waals surface area contributed by atoms with Crippen molar-refractivity contribution in [2.24, 2.45) is 5.92 Å². The van der Waals surface area contributed by atoms with E-state index in [0.717, 1.165) is 45.3 Å². The number of carbonyl (C=O) groups excluding carboxylic acids is 1. The third-order valence-electron chi connectivity index (χ3n) is 6.82. The molecule has 2 N–H and O–H groups in total. The van der Waals surface area contributed by atoms with Gasteiger partial charge < -0.3 is 14.0 Å². The van der Waals surface area contributed by atoms with Crippen molar-refractivity contribution in [1.29, 1.82) is 0 Å². The van der Waals surface area contributed by atoms with E-state index < -0.39 is 10.4 Å². The van der Waals surface area contributed by atoms with Gasteiger partial charge in [-0.05, 0) is 43.4 Å². The number of hydrogen-bond donors (Lipinski definition) is 2. The Morgan fingerprint density at radius 1 is 1.25 bits per heavy atom. The Labute approximate surface area is 213 Å². The minimum Gasteiger partial charge on any atom is -0.465 e. The predicted octanol–water partition coefficient (Wildman–Crippen LogP) is 3.88. The normalized spacial score (nSPS) is 21.4. The first-order valence-electron chi connectivity index (χ1n) is 12.6. The maximum absolute atomic E-state index is 12.9. The lowest BCUT2D eigenvalue weighted by Crippen LogP contribution is -2.51. The molecule has 2 heterocycles. The standard InChI is InChI=1S/C26H36N2O3.H2O4S/c1-4-11-27-17-19-16-24-22(21-9-7-10-23(27)25(19)21)15-20(18-28(24)12-5-2)26(29)31-14-8-13-30-6-3;1-5(2,3)4/h5,7,9-10,17,20,22,24H,2,4,6,8,11-16,18H2,1,3H3;(H2,1,2,3,4)/t20-,22?,24-;/m1./s1. The van der Waals surface area contributed by atoms with Crippen molar-refractivity contribution in [3.05, 3.63) is 48.2 Å². The van der Waals surface area contributed by atoms with Gasteiger partial charge in [0.2, 0.25) is 0 Å². The Morgan fingerprint density at radius 2 is 2.00 bits per heavy atom. The molecule has 2 aromatic rings. The predicted molar refractivity (Wildman–Crippen MR) is 139 cm³/mol. The molecule has 200 valence electrons. The van der Waals surface area contributed by atoms with Gasteiger partial charge in [0, 0.05) is 68.3 Å². The SMILES string of the molecule is C=CCN1C[C@H](C(=O)OCCCOCC)CC2c3cccc4c3c(cn4CCC)C[C@H]21.O=S(=O)(O)O. The molecular weight excluding hydrogens is 484 g/mol.